The molecular formula is C21H13Cl2N3O5S. The van der Waals surface area contributed by atoms with E-state index in [1.54, 1.807) is 24.3 Å². The Morgan fingerprint density at radius 3 is 2.28 bits per heavy atom. The third-order valence-corrected chi connectivity index (χ3v) is 6.21. The Hall–Kier alpha value is -3.40. The summed E-state index contributed by atoms with van der Waals surface area (Å²) in [6.07, 6.45) is 0. The highest BCUT2D eigenvalue weighted by Crippen LogP contribution is 2.31. The summed E-state index contributed by atoms with van der Waals surface area (Å²) < 4.78 is 32.5. The number of nitro benzene ring substituents is 1. The minimum atomic E-state index is -4.44. The number of nitrogens with zero attached hydrogens (tertiary/aromatic N) is 3. The molecule has 0 saturated carbocycles. The SMILES string of the molecule is O=[N+]([O-])c1cc(S(=O)(=O)Oc2cc(-c3ccccc3)nn2-c2ccc(Cl)cc2)ccc1Cl. The minimum absolute atomic E-state index is 0.108. The van der Waals surface area contributed by atoms with Crippen molar-refractivity contribution in [3.8, 4) is 22.8 Å². The Balaban J connectivity index is 1.80. The monoisotopic (exact) mass is 489 g/mol. The Bertz CT molecular complexity index is 1410. The topological polar surface area (TPSA) is 104 Å². The predicted octanol–water partition coefficient (Wildman–Crippen LogP) is 5.52. The lowest BCUT2D eigenvalue weighted by Gasteiger charge is -2.09. The first-order valence-electron chi connectivity index (χ1n) is 9.04. The highest BCUT2D eigenvalue weighted by Gasteiger charge is 2.25. The molecule has 0 saturated heterocycles. The number of benzene rings is 3. The van der Waals surface area contributed by atoms with E-state index < -0.39 is 25.6 Å². The number of nitro groups is 1. The van der Waals surface area contributed by atoms with Crippen LogP contribution in [0.2, 0.25) is 10.0 Å². The van der Waals surface area contributed by atoms with E-state index in [0.717, 1.165) is 23.8 Å². The number of halogens is 2. The zero-order valence-electron chi connectivity index (χ0n) is 16.1. The van der Waals surface area contributed by atoms with Crippen LogP contribution in [0.4, 0.5) is 5.69 Å². The summed E-state index contributed by atoms with van der Waals surface area (Å²) in [5.41, 5.74) is 1.16. The van der Waals surface area contributed by atoms with Gasteiger partial charge < -0.3 is 4.18 Å². The first kappa shape index (κ1) is 21.8. The fourth-order valence-electron chi connectivity index (χ4n) is 2.89. The van der Waals surface area contributed by atoms with E-state index in [2.05, 4.69) is 5.10 Å². The van der Waals surface area contributed by atoms with Crippen molar-refractivity contribution in [2.45, 2.75) is 4.90 Å². The van der Waals surface area contributed by atoms with E-state index in [-0.39, 0.29) is 10.9 Å². The van der Waals surface area contributed by atoms with Gasteiger partial charge in [0.1, 0.15) is 9.92 Å². The van der Waals surface area contributed by atoms with Gasteiger partial charge in [-0.2, -0.15) is 18.2 Å². The normalized spacial score (nSPS) is 11.3. The van der Waals surface area contributed by atoms with E-state index in [0.29, 0.717) is 16.4 Å². The van der Waals surface area contributed by atoms with Crippen molar-refractivity contribution in [3.05, 3.63) is 99.0 Å². The average molecular weight is 490 g/mol. The summed E-state index contributed by atoms with van der Waals surface area (Å²) in [6, 6.07) is 20.2. The summed E-state index contributed by atoms with van der Waals surface area (Å²) in [5, 5.41) is 15.9. The molecule has 1 aromatic heterocycles. The number of hydrogen-bond acceptors (Lipinski definition) is 6. The highest BCUT2D eigenvalue weighted by molar-refractivity contribution is 7.87. The Morgan fingerprint density at radius 1 is 0.938 bits per heavy atom. The van der Waals surface area contributed by atoms with Crippen molar-refractivity contribution in [3.63, 3.8) is 0 Å². The quantitative estimate of drug-likeness (QED) is 0.200. The summed E-state index contributed by atoms with van der Waals surface area (Å²) in [5.74, 6) is -0.108. The Kier molecular flexibility index (Phi) is 5.88. The molecule has 3 aromatic carbocycles. The van der Waals surface area contributed by atoms with Crippen LogP contribution in [-0.2, 0) is 10.1 Å². The van der Waals surface area contributed by atoms with Crippen molar-refractivity contribution in [1.82, 2.24) is 9.78 Å². The molecule has 162 valence electrons. The Morgan fingerprint density at radius 2 is 1.62 bits per heavy atom. The van der Waals surface area contributed by atoms with Gasteiger partial charge in [0.05, 0.1) is 16.3 Å². The van der Waals surface area contributed by atoms with Gasteiger partial charge in [0.25, 0.3) is 5.69 Å². The standard InChI is InChI=1S/C21H13Cl2N3O5S/c22-15-6-8-16(9-7-15)25-21(13-19(24-25)14-4-2-1-3-5-14)31-32(29,30)17-10-11-18(23)20(12-17)26(27)28/h1-13H. The van der Waals surface area contributed by atoms with Crippen molar-refractivity contribution in [2.24, 2.45) is 0 Å². The van der Waals surface area contributed by atoms with E-state index in [1.165, 1.54) is 10.7 Å². The molecule has 0 spiro atoms. The Labute approximate surface area is 192 Å². The molecule has 8 nitrogen and oxygen atoms in total. The molecule has 0 amide bonds. The molecule has 0 atom stereocenters. The fourth-order valence-corrected chi connectivity index (χ4v) is 4.13. The van der Waals surface area contributed by atoms with Crippen LogP contribution < -0.4 is 4.18 Å². The van der Waals surface area contributed by atoms with Gasteiger partial charge in [0.2, 0.25) is 5.88 Å². The van der Waals surface area contributed by atoms with E-state index in [4.69, 9.17) is 27.4 Å². The van der Waals surface area contributed by atoms with Gasteiger partial charge in [-0.05, 0) is 36.4 Å². The maximum Gasteiger partial charge on any atom is 0.340 e. The molecule has 0 aliphatic carbocycles. The maximum absolute atomic E-state index is 12.9. The first-order valence-corrected chi connectivity index (χ1v) is 11.2. The van der Waals surface area contributed by atoms with E-state index >= 15 is 0 Å². The van der Waals surface area contributed by atoms with Crippen LogP contribution in [0.25, 0.3) is 16.9 Å². The smallest absolute Gasteiger partial charge is 0.340 e. The maximum atomic E-state index is 12.9. The molecule has 1 heterocycles. The third-order valence-electron chi connectivity index (χ3n) is 4.42. The number of hydrogen-bond donors (Lipinski definition) is 0. The largest absolute Gasteiger partial charge is 0.358 e. The molecule has 0 radical (unpaired) electrons. The zero-order valence-corrected chi connectivity index (χ0v) is 18.4. The van der Waals surface area contributed by atoms with Gasteiger partial charge in [0, 0.05) is 22.7 Å². The van der Waals surface area contributed by atoms with Gasteiger partial charge in [-0.25, -0.2) is 0 Å². The number of aromatic nitrogens is 2. The fraction of sp³-hybridized carbons (Fsp3) is 0. The molecule has 32 heavy (non-hydrogen) atoms. The highest BCUT2D eigenvalue weighted by atomic mass is 35.5. The first-order chi connectivity index (χ1) is 15.2. The van der Waals surface area contributed by atoms with Crippen LogP contribution in [0, 0.1) is 10.1 Å². The second kappa shape index (κ2) is 8.62. The molecule has 11 heteroatoms. The third kappa shape index (κ3) is 4.45. The molecule has 0 aliphatic rings. The number of rotatable bonds is 6. The van der Waals surface area contributed by atoms with Gasteiger partial charge >= 0.3 is 10.1 Å². The van der Waals surface area contributed by atoms with E-state index in [9.17, 15) is 18.5 Å². The molecule has 0 fully saturated rings. The average Bonchev–Trinajstić information content (AvgIpc) is 3.18. The molecule has 0 N–H and O–H groups in total. The van der Waals surface area contributed by atoms with Gasteiger partial charge in [-0.15, -0.1) is 0 Å². The van der Waals surface area contributed by atoms with Crippen molar-refractivity contribution >= 4 is 39.0 Å². The molecule has 0 bridgehead atoms. The zero-order chi connectivity index (χ0) is 22.9. The summed E-state index contributed by atoms with van der Waals surface area (Å²) in [7, 11) is -4.44. The van der Waals surface area contributed by atoms with Crippen LogP contribution in [0.5, 0.6) is 5.88 Å². The summed E-state index contributed by atoms with van der Waals surface area (Å²) in [6.45, 7) is 0. The van der Waals surface area contributed by atoms with Crippen LogP contribution in [0.3, 0.4) is 0 Å². The van der Waals surface area contributed by atoms with Crippen molar-refractivity contribution < 1.29 is 17.5 Å². The molecule has 0 unspecified atom stereocenters. The molecule has 4 aromatic rings. The molecule has 4 rings (SSSR count). The van der Waals surface area contributed by atoms with Crippen LogP contribution >= 0.6 is 23.2 Å². The minimum Gasteiger partial charge on any atom is -0.358 e. The lowest BCUT2D eigenvalue weighted by atomic mass is 10.2. The van der Waals surface area contributed by atoms with Crippen LogP contribution in [0.1, 0.15) is 0 Å². The van der Waals surface area contributed by atoms with E-state index in [1.807, 2.05) is 30.3 Å². The lowest BCUT2D eigenvalue weighted by molar-refractivity contribution is -0.384. The van der Waals surface area contributed by atoms with Gasteiger partial charge in [-0.3, -0.25) is 10.1 Å². The molecular weight excluding hydrogens is 477 g/mol. The second-order valence-electron chi connectivity index (χ2n) is 6.53. The van der Waals surface area contributed by atoms with Crippen molar-refractivity contribution in [1.29, 1.82) is 0 Å². The molecule has 0 aliphatic heterocycles. The van der Waals surface area contributed by atoms with Crippen LogP contribution in [0.15, 0.2) is 83.8 Å². The lowest BCUT2D eigenvalue weighted by Crippen LogP contribution is -2.13. The summed E-state index contributed by atoms with van der Waals surface area (Å²) >= 11 is 11.7. The second-order valence-corrected chi connectivity index (χ2v) is 8.92. The van der Waals surface area contributed by atoms with Crippen molar-refractivity contribution in [2.75, 3.05) is 0 Å². The van der Waals surface area contributed by atoms with Crippen LogP contribution in [-0.4, -0.2) is 23.1 Å². The van der Waals surface area contributed by atoms with Gasteiger partial charge in [-0.1, -0.05) is 53.5 Å². The summed E-state index contributed by atoms with van der Waals surface area (Å²) in [4.78, 5) is 9.96. The van der Waals surface area contributed by atoms with Gasteiger partial charge in [0.15, 0.2) is 0 Å². The predicted molar refractivity (Wildman–Crippen MR) is 120 cm³/mol.